The number of benzene rings is 1. The highest BCUT2D eigenvalue weighted by atomic mass is 127. The van der Waals surface area contributed by atoms with Crippen molar-refractivity contribution in [3.05, 3.63) is 25.6 Å². The van der Waals surface area contributed by atoms with Crippen LogP contribution in [0.5, 0.6) is 0 Å². The number of rotatable bonds is 1. The second-order valence-corrected chi connectivity index (χ2v) is 5.73. The molecule has 0 spiro atoms. The van der Waals surface area contributed by atoms with Gasteiger partial charge in [0.2, 0.25) is 0 Å². The van der Waals surface area contributed by atoms with E-state index in [1.165, 1.54) is 4.70 Å². The molecule has 72 valence electrons. The van der Waals surface area contributed by atoms with E-state index in [1.807, 2.05) is 5.38 Å². The highest BCUT2D eigenvalue weighted by molar-refractivity contribution is 14.1. The Morgan fingerprint density at radius 1 is 1.36 bits per heavy atom. The van der Waals surface area contributed by atoms with Gasteiger partial charge in [-0.1, -0.05) is 6.07 Å². The molecule has 0 radical (unpaired) electrons. The van der Waals surface area contributed by atoms with Crippen LogP contribution in [0, 0.1) is 3.57 Å². The molecule has 0 unspecified atom stereocenters. The van der Waals surface area contributed by atoms with Crippen LogP contribution in [-0.2, 0) is 0 Å². The average Bonchev–Trinajstić information content (AvgIpc) is 2.48. The van der Waals surface area contributed by atoms with Gasteiger partial charge in [-0.3, -0.25) is 0 Å². The fraction of sp³-hybridized carbons (Fsp3) is 0. The molecule has 1 aromatic carbocycles. The molecule has 2 N–H and O–H groups in total. The van der Waals surface area contributed by atoms with Crippen LogP contribution < -0.4 is 5.46 Å². The second kappa shape index (κ2) is 4.09. The third-order valence-corrected chi connectivity index (χ3v) is 5.11. The van der Waals surface area contributed by atoms with Crippen LogP contribution in [0.25, 0.3) is 10.1 Å². The lowest BCUT2D eigenvalue weighted by atomic mass is 9.80. The van der Waals surface area contributed by atoms with Gasteiger partial charge in [-0.2, -0.15) is 0 Å². The molecule has 0 saturated carbocycles. The fourth-order valence-corrected chi connectivity index (χ4v) is 3.81. The summed E-state index contributed by atoms with van der Waals surface area (Å²) >= 11 is 7.27. The summed E-state index contributed by atoms with van der Waals surface area (Å²) in [4.78, 5) is 0. The van der Waals surface area contributed by atoms with Crippen molar-refractivity contribution in [2.45, 2.75) is 0 Å². The van der Waals surface area contributed by atoms with Gasteiger partial charge in [0.1, 0.15) is 0 Å². The van der Waals surface area contributed by atoms with Gasteiger partial charge in [0.15, 0.2) is 0 Å². The minimum atomic E-state index is -1.40. The van der Waals surface area contributed by atoms with Crippen molar-refractivity contribution >= 4 is 72.5 Å². The van der Waals surface area contributed by atoms with E-state index in [0.717, 1.165) is 13.4 Å². The van der Waals surface area contributed by atoms with Crippen molar-refractivity contribution in [2.75, 3.05) is 0 Å². The predicted octanol–water partition coefficient (Wildman–Crippen LogP) is 1.95. The largest absolute Gasteiger partial charge is 0.488 e. The molecule has 0 fully saturated rings. The van der Waals surface area contributed by atoms with Crippen LogP contribution in [0.4, 0.5) is 0 Å². The van der Waals surface area contributed by atoms with E-state index in [1.54, 1.807) is 23.5 Å². The van der Waals surface area contributed by atoms with Crippen molar-refractivity contribution in [3.63, 3.8) is 0 Å². The van der Waals surface area contributed by atoms with Gasteiger partial charge in [0.05, 0.1) is 0 Å². The molecule has 1 aromatic heterocycles. The fourth-order valence-electron chi connectivity index (χ4n) is 1.23. The van der Waals surface area contributed by atoms with Crippen molar-refractivity contribution in [1.82, 2.24) is 0 Å². The Kier molecular flexibility index (Phi) is 3.18. The number of fused-ring (bicyclic) bond motifs is 1. The summed E-state index contributed by atoms with van der Waals surface area (Å²) in [5.41, 5.74) is 0.529. The van der Waals surface area contributed by atoms with Crippen LogP contribution in [0.2, 0.25) is 0 Å². The topological polar surface area (TPSA) is 40.5 Å². The third-order valence-electron chi connectivity index (χ3n) is 1.90. The lowest BCUT2D eigenvalue weighted by molar-refractivity contribution is 0.426. The zero-order valence-corrected chi connectivity index (χ0v) is 11.4. The summed E-state index contributed by atoms with van der Waals surface area (Å²) < 4.78 is 3.21. The zero-order valence-electron chi connectivity index (χ0n) is 6.87. The monoisotopic (exact) mass is 382 g/mol. The van der Waals surface area contributed by atoms with Crippen molar-refractivity contribution < 1.29 is 10.0 Å². The van der Waals surface area contributed by atoms with Crippen LogP contribution in [0.3, 0.4) is 0 Å². The lowest BCUT2D eigenvalue weighted by Crippen LogP contribution is -2.29. The van der Waals surface area contributed by atoms with E-state index in [2.05, 4.69) is 38.5 Å². The molecule has 0 aliphatic carbocycles. The Hall–Kier alpha value is 0.375. The Labute approximate surface area is 107 Å². The summed E-state index contributed by atoms with van der Waals surface area (Å²) in [7, 11) is -1.40. The number of thiophene rings is 1. The first-order valence-corrected chi connectivity index (χ1v) is 6.57. The molecule has 0 bridgehead atoms. The minimum absolute atomic E-state index is 0.529. The molecule has 2 rings (SSSR count). The zero-order chi connectivity index (χ0) is 10.3. The molecule has 6 heteroatoms. The predicted molar refractivity (Wildman–Crippen MR) is 72.1 cm³/mol. The van der Waals surface area contributed by atoms with Crippen molar-refractivity contribution in [3.8, 4) is 0 Å². The first kappa shape index (κ1) is 10.9. The number of hydrogen-bond acceptors (Lipinski definition) is 3. The minimum Gasteiger partial charge on any atom is -0.423 e. The Morgan fingerprint density at radius 2 is 2.07 bits per heavy atom. The van der Waals surface area contributed by atoms with Gasteiger partial charge in [0.25, 0.3) is 0 Å². The Bertz CT molecular complexity index is 485. The molecule has 0 aliphatic heterocycles. The SMILES string of the molecule is OB(O)c1cc(I)c2scc(Br)c2c1. The molecule has 0 atom stereocenters. The van der Waals surface area contributed by atoms with Crippen molar-refractivity contribution in [1.29, 1.82) is 0 Å². The van der Waals surface area contributed by atoms with Crippen LogP contribution >= 0.6 is 49.9 Å². The highest BCUT2D eigenvalue weighted by Gasteiger charge is 2.15. The molecule has 14 heavy (non-hydrogen) atoms. The van der Waals surface area contributed by atoms with E-state index in [4.69, 9.17) is 10.0 Å². The smallest absolute Gasteiger partial charge is 0.423 e. The quantitative estimate of drug-likeness (QED) is 0.584. The lowest BCUT2D eigenvalue weighted by Gasteiger charge is -2.01. The van der Waals surface area contributed by atoms with Crippen molar-refractivity contribution in [2.24, 2.45) is 0 Å². The summed E-state index contributed by atoms with van der Waals surface area (Å²) in [6, 6.07) is 3.58. The maximum absolute atomic E-state index is 9.08. The highest BCUT2D eigenvalue weighted by Crippen LogP contribution is 2.32. The van der Waals surface area contributed by atoms with Gasteiger partial charge >= 0.3 is 7.12 Å². The molecular weight excluding hydrogens is 378 g/mol. The Balaban J connectivity index is 2.75. The van der Waals surface area contributed by atoms with Gasteiger partial charge in [0, 0.05) is 23.5 Å². The van der Waals surface area contributed by atoms with E-state index >= 15 is 0 Å². The molecular formula is C8H5BBrIO2S. The standard InChI is InChI=1S/C8H5BBrIO2S/c10-6-3-14-8-5(6)1-4(9(12)13)2-7(8)11/h1-3,12-13H. The number of hydrogen-bond donors (Lipinski definition) is 2. The van der Waals surface area contributed by atoms with Crippen LogP contribution in [-0.4, -0.2) is 17.2 Å². The van der Waals surface area contributed by atoms with E-state index < -0.39 is 7.12 Å². The molecule has 0 aliphatic rings. The molecule has 1 heterocycles. The average molecular weight is 383 g/mol. The van der Waals surface area contributed by atoms with Crippen LogP contribution in [0.1, 0.15) is 0 Å². The summed E-state index contributed by atoms with van der Waals surface area (Å²) in [6.07, 6.45) is 0. The second-order valence-electron chi connectivity index (χ2n) is 2.84. The van der Waals surface area contributed by atoms with E-state index in [9.17, 15) is 0 Å². The summed E-state index contributed by atoms with van der Waals surface area (Å²) in [5, 5.41) is 21.2. The normalized spacial score (nSPS) is 10.9. The molecule has 0 amide bonds. The van der Waals surface area contributed by atoms with E-state index in [-0.39, 0.29) is 0 Å². The molecule has 0 saturated heterocycles. The van der Waals surface area contributed by atoms with Gasteiger partial charge in [-0.15, -0.1) is 11.3 Å². The third kappa shape index (κ3) is 1.86. The molecule has 2 nitrogen and oxygen atoms in total. The van der Waals surface area contributed by atoms with Gasteiger partial charge < -0.3 is 10.0 Å². The Morgan fingerprint density at radius 3 is 2.71 bits per heavy atom. The summed E-state index contributed by atoms with van der Waals surface area (Å²) in [5.74, 6) is 0. The summed E-state index contributed by atoms with van der Waals surface area (Å²) in [6.45, 7) is 0. The van der Waals surface area contributed by atoms with E-state index in [0.29, 0.717) is 5.46 Å². The number of halogens is 2. The maximum Gasteiger partial charge on any atom is 0.488 e. The maximum atomic E-state index is 9.08. The molecule has 2 aromatic rings. The first-order chi connectivity index (χ1) is 6.59. The first-order valence-electron chi connectivity index (χ1n) is 3.82. The van der Waals surface area contributed by atoms with Gasteiger partial charge in [-0.25, -0.2) is 0 Å². The van der Waals surface area contributed by atoms with Crippen LogP contribution in [0.15, 0.2) is 22.0 Å². The van der Waals surface area contributed by atoms with Gasteiger partial charge in [-0.05, 0) is 50.0 Å².